The molecule has 3 heterocycles. The number of rotatable bonds is 6. The Balaban J connectivity index is 1.51. The molecule has 1 amide bonds. The predicted octanol–water partition coefficient (Wildman–Crippen LogP) is 2.93. The zero-order chi connectivity index (χ0) is 24.7. The van der Waals surface area contributed by atoms with Gasteiger partial charge in [0.2, 0.25) is 5.95 Å². The number of halogens is 1. The Morgan fingerprint density at radius 3 is 2.74 bits per heavy atom. The average molecular weight is 493 g/mol. The molecular weight excluding hydrogens is 472 g/mol. The van der Waals surface area contributed by atoms with E-state index in [4.69, 9.17) is 16.7 Å². The van der Waals surface area contributed by atoms with Crippen molar-refractivity contribution >= 4 is 46.5 Å². The van der Waals surface area contributed by atoms with Crippen LogP contribution in [0.15, 0.2) is 18.3 Å². The van der Waals surface area contributed by atoms with Crippen LogP contribution < -0.4 is 20.9 Å². The quantitative estimate of drug-likeness (QED) is 0.401. The van der Waals surface area contributed by atoms with Crippen LogP contribution in [0, 0.1) is 28.6 Å². The van der Waals surface area contributed by atoms with E-state index in [0.29, 0.717) is 52.6 Å². The van der Waals surface area contributed by atoms with Gasteiger partial charge in [0.05, 0.1) is 40.3 Å². The Labute approximate surface area is 205 Å². The Bertz CT molecular complexity index is 1400. The number of nitrogens with zero attached hydrogens (tertiary/aromatic N) is 7. The van der Waals surface area contributed by atoms with E-state index in [0.717, 1.165) is 12.8 Å². The first-order chi connectivity index (χ1) is 16.9. The number of anilines is 4. The summed E-state index contributed by atoms with van der Waals surface area (Å²) in [4.78, 5) is 21.9. The molecule has 2 aliphatic rings. The summed E-state index contributed by atoms with van der Waals surface area (Å²) in [5, 5.41) is 41.9. The molecule has 35 heavy (non-hydrogen) atoms. The Morgan fingerprint density at radius 1 is 1.26 bits per heavy atom. The summed E-state index contributed by atoms with van der Waals surface area (Å²) in [6, 6.07) is 7.51. The fourth-order valence-corrected chi connectivity index (χ4v) is 4.43. The molecule has 1 aromatic carbocycles. The summed E-state index contributed by atoms with van der Waals surface area (Å²) in [6.45, 7) is 2.94. The van der Waals surface area contributed by atoms with E-state index in [9.17, 15) is 15.3 Å². The number of nitrogens with one attached hydrogen (secondary N) is 3. The van der Waals surface area contributed by atoms with Crippen molar-refractivity contribution in [1.29, 1.82) is 10.5 Å². The van der Waals surface area contributed by atoms with E-state index in [1.807, 2.05) is 11.8 Å². The summed E-state index contributed by atoms with van der Waals surface area (Å²) in [7, 11) is 0. The maximum atomic E-state index is 11.1. The maximum Gasteiger partial charge on any atom is 0.404 e. The number of hydrogen-bond acceptors (Lipinski definition) is 9. The van der Waals surface area contributed by atoms with Crippen molar-refractivity contribution in [2.75, 3.05) is 28.6 Å². The molecule has 1 aliphatic carbocycles. The van der Waals surface area contributed by atoms with Gasteiger partial charge in [0.1, 0.15) is 6.07 Å². The number of benzene rings is 1. The van der Waals surface area contributed by atoms with Crippen LogP contribution >= 0.6 is 11.6 Å². The van der Waals surface area contributed by atoms with Crippen LogP contribution in [-0.2, 0) is 0 Å². The minimum Gasteiger partial charge on any atom is -0.465 e. The van der Waals surface area contributed by atoms with Gasteiger partial charge < -0.3 is 26.0 Å². The summed E-state index contributed by atoms with van der Waals surface area (Å²) in [6.07, 6.45) is 2.40. The molecule has 0 spiro atoms. The molecule has 13 heteroatoms. The lowest BCUT2D eigenvalue weighted by atomic mass is 10.1. The van der Waals surface area contributed by atoms with E-state index in [1.165, 1.54) is 10.7 Å². The first-order valence-electron chi connectivity index (χ1n) is 11.0. The van der Waals surface area contributed by atoms with E-state index in [2.05, 4.69) is 43.2 Å². The summed E-state index contributed by atoms with van der Waals surface area (Å²) >= 11 is 6.77. The average Bonchev–Trinajstić information content (AvgIpc) is 3.43. The fourth-order valence-electron chi connectivity index (χ4n) is 4.15. The first kappa shape index (κ1) is 22.5. The fraction of sp³-hybridized carbons (Fsp3) is 0.364. The van der Waals surface area contributed by atoms with Gasteiger partial charge in [0.25, 0.3) is 0 Å². The van der Waals surface area contributed by atoms with Gasteiger partial charge in [-0.3, -0.25) is 0 Å². The second-order valence-electron chi connectivity index (χ2n) is 8.73. The second kappa shape index (κ2) is 8.81. The van der Waals surface area contributed by atoms with Crippen molar-refractivity contribution in [3.63, 3.8) is 0 Å². The number of aromatic nitrogens is 4. The molecule has 0 bridgehead atoms. The molecule has 12 nitrogen and oxygen atoms in total. The Hall–Kier alpha value is -4.29. The van der Waals surface area contributed by atoms with Gasteiger partial charge in [-0.25, -0.2) is 9.78 Å². The van der Waals surface area contributed by atoms with Gasteiger partial charge >= 0.3 is 6.09 Å². The number of amides is 1. The number of carbonyl (C=O) groups is 1. The van der Waals surface area contributed by atoms with Crippen LogP contribution in [0.25, 0.3) is 5.65 Å². The number of hydrogen-bond donors (Lipinski definition) is 4. The molecule has 0 radical (unpaired) electrons. The number of fused-ring (bicyclic) bond motifs is 1. The van der Waals surface area contributed by atoms with E-state index < -0.39 is 6.09 Å². The lowest BCUT2D eigenvalue weighted by molar-refractivity contribution is 0.188. The van der Waals surface area contributed by atoms with Crippen molar-refractivity contribution in [3.05, 3.63) is 34.6 Å². The van der Waals surface area contributed by atoms with Crippen LogP contribution in [0.4, 0.5) is 27.9 Å². The largest absolute Gasteiger partial charge is 0.465 e. The molecule has 1 saturated heterocycles. The highest BCUT2D eigenvalue weighted by Gasteiger charge is 2.32. The molecule has 2 atom stereocenters. The monoisotopic (exact) mass is 492 g/mol. The summed E-state index contributed by atoms with van der Waals surface area (Å²) in [5.41, 5.74) is 2.09. The zero-order valence-corrected chi connectivity index (χ0v) is 19.4. The molecule has 4 N–H and O–H groups in total. The number of carboxylic acid groups (broad SMARTS) is 1. The molecule has 5 rings (SSSR count). The molecule has 3 aromatic rings. The lowest BCUT2D eigenvalue weighted by Gasteiger charge is -2.22. The van der Waals surface area contributed by atoms with Crippen molar-refractivity contribution in [2.45, 2.75) is 31.8 Å². The molecule has 0 unspecified atom stereocenters. The summed E-state index contributed by atoms with van der Waals surface area (Å²) in [5.74, 6) is 0.727. The molecule has 1 saturated carbocycles. The molecule has 1 aliphatic heterocycles. The smallest absolute Gasteiger partial charge is 0.404 e. The van der Waals surface area contributed by atoms with E-state index in [-0.39, 0.29) is 23.6 Å². The van der Waals surface area contributed by atoms with Crippen molar-refractivity contribution in [2.24, 2.45) is 5.92 Å². The molecule has 178 valence electrons. The normalized spacial score (nSPS) is 19.3. The topological polar surface area (TPSA) is 167 Å². The molecule has 2 aromatic heterocycles. The van der Waals surface area contributed by atoms with Gasteiger partial charge in [0, 0.05) is 19.1 Å². The highest BCUT2D eigenvalue weighted by Crippen LogP contribution is 2.38. The predicted molar refractivity (Wildman–Crippen MR) is 128 cm³/mol. The Kier molecular flexibility index (Phi) is 5.67. The lowest BCUT2D eigenvalue weighted by Crippen LogP contribution is -2.38. The first-order valence-corrected chi connectivity index (χ1v) is 11.4. The van der Waals surface area contributed by atoms with Gasteiger partial charge in [-0.05, 0) is 30.9 Å². The van der Waals surface area contributed by atoms with E-state index >= 15 is 0 Å². The minimum absolute atomic E-state index is 0.0526. The van der Waals surface area contributed by atoms with Crippen LogP contribution in [-0.4, -0.2) is 56.0 Å². The van der Waals surface area contributed by atoms with Crippen molar-refractivity contribution in [1.82, 2.24) is 24.9 Å². The highest BCUT2D eigenvalue weighted by molar-refractivity contribution is 6.36. The van der Waals surface area contributed by atoms with Gasteiger partial charge in [-0.2, -0.15) is 20.0 Å². The van der Waals surface area contributed by atoms with Crippen LogP contribution in [0.5, 0.6) is 0 Å². The van der Waals surface area contributed by atoms with Crippen LogP contribution in [0.1, 0.15) is 31.0 Å². The van der Waals surface area contributed by atoms with Crippen LogP contribution in [0.2, 0.25) is 5.02 Å². The number of nitriles is 2. The zero-order valence-electron chi connectivity index (χ0n) is 18.7. The SMILES string of the molecule is C[C@@H]1CN(c2cc(C#N)cc(Nc3nc(NC4CC4)c4ncc(C#N)n4n3)c2Cl)C[C@@H]1NC(=O)O. The molecule has 2 fully saturated rings. The number of imidazole rings is 1. The van der Waals surface area contributed by atoms with Gasteiger partial charge in [-0.1, -0.05) is 18.5 Å². The Morgan fingerprint density at radius 2 is 2.06 bits per heavy atom. The standard InChI is InChI=1S/C22H21ClN10O2/c1-11-9-32(10-16(11)29-22(34)35)17-5-12(6-24)4-15(18(17)23)28-21-30-19(27-13-2-3-13)20-26-8-14(7-25)33(20)31-21/h4-5,8,11,13,16,29H,2-3,9-10H2,1H3,(H,34,35)(H2,27,28,30,31)/t11-,16+/m1/s1. The van der Waals surface area contributed by atoms with Gasteiger partial charge in [0.15, 0.2) is 17.2 Å². The van der Waals surface area contributed by atoms with E-state index in [1.54, 1.807) is 12.1 Å². The van der Waals surface area contributed by atoms with Gasteiger partial charge in [-0.15, -0.1) is 5.10 Å². The maximum absolute atomic E-state index is 11.1. The minimum atomic E-state index is -1.08. The third-order valence-corrected chi connectivity index (χ3v) is 6.48. The second-order valence-corrected chi connectivity index (χ2v) is 9.10. The van der Waals surface area contributed by atoms with Crippen molar-refractivity contribution in [3.8, 4) is 12.1 Å². The molecular formula is C22H21ClN10O2. The van der Waals surface area contributed by atoms with Crippen LogP contribution in [0.3, 0.4) is 0 Å². The third-order valence-electron chi connectivity index (χ3n) is 6.09. The summed E-state index contributed by atoms with van der Waals surface area (Å²) < 4.78 is 1.41. The highest BCUT2D eigenvalue weighted by atomic mass is 35.5. The third kappa shape index (κ3) is 4.44. The van der Waals surface area contributed by atoms with Crippen molar-refractivity contribution < 1.29 is 9.90 Å².